The number of esters is 1. The second-order valence-electron chi connectivity index (χ2n) is 4.82. The Morgan fingerprint density at radius 3 is 2.58 bits per heavy atom. The normalized spacial score (nSPS) is 17.5. The van der Waals surface area contributed by atoms with Crippen LogP contribution in [0.4, 0.5) is 4.79 Å². The molecule has 0 saturated carbocycles. The van der Waals surface area contributed by atoms with Gasteiger partial charge in [-0.1, -0.05) is 0 Å². The zero-order valence-corrected chi connectivity index (χ0v) is 11.6. The average molecular weight is 271 g/mol. The van der Waals surface area contributed by atoms with Gasteiger partial charge in [-0.25, -0.2) is 4.79 Å². The molecule has 1 aliphatic heterocycles. The molecule has 1 heterocycles. The van der Waals surface area contributed by atoms with E-state index in [0.29, 0.717) is 19.7 Å². The van der Waals surface area contributed by atoms with Gasteiger partial charge in [-0.15, -0.1) is 0 Å². The Kier molecular flexibility index (Phi) is 5.29. The highest BCUT2D eigenvalue weighted by Gasteiger charge is 2.43. The van der Waals surface area contributed by atoms with Crippen LogP contribution in [0.25, 0.3) is 0 Å². The Morgan fingerprint density at radius 1 is 1.37 bits per heavy atom. The third kappa shape index (κ3) is 4.20. The number of carbonyl (C=O) groups is 3. The van der Waals surface area contributed by atoms with Gasteiger partial charge in [0.05, 0.1) is 13.0 Å². The predicted molar refractivity (Wildman–Crippen MR) is 68.4 cm³/mol. The molecule has 7 nitrogen and oxygen atoms in total. The predicted octanol–water partition coefficient (Wildman–Crippen LogP) is -0.140. The summed E-state index contributed by atoms with van der Waals surface area (Å²) in [5.74, 6) is -0.490. The van der Waals surface area contributed by atoms with Gasteiger partial charge in [-0.3, -0.25) is 14.5 Å². The Hall–Kier alpha value is -1.63. The largest absolute Gasteiger partial charge is 0.466 e. The summed E-state index contributed by atoms with van der Waals surface area (Å²) in [5, 5.41) is 5.60. The molecular formula is C12H21N3O4. The molecule has 19 heavy (non-hydrogen) atoms. The van der Waals surface area contributed by atoms with Crippen molar-refractivity contribution in [2.45, 2.75) is 32.7 Å². The highest BCUT2D eigenvalue weighted by atomic mass is 16.5. The molecular weight excluding hydrogens is 250 g/mol. The van der Waals surface area contributed by atoms with Crippen LogP contribution < -0.4 is 10.6 Å². The molecule has 0 aromatic heterocycles. The van der Waals surface area contributed by atoms with E-state index >= 15 is 0 Å². The minimum atomic E-state index is -0.831. The van der Waals surface area contributed by atoms with Crippen LogP contribution in [0.5, 0.6) is 0 Å². The zero-order valence-electron chi connectivity index (χ0n) is 11.6. The molecule has 0 bridgehead atoms. The number of nitrogens with one attached hydrogen (secondary N) is 2. The van der Waals surface area contributed by atoms with Crippen molar-refractivity contribution < 1.29 is 19.1 Å². The standard InChI is InChI=1S/C12H21N3O4/c1-4-19-9(16)5-6-13-7-8-15-10(17)12(2,3)14-11(15)18/h13H,4-8H2,1-3H3,(H,14,18). The second-order valence-corrected chi connectivity index (χ2v) is 4.82. The number of urea groups is 1. The van der Waals surface area contributed by atoms with Crippen LogP contribution in [0.15, 0.2) is 0 Å². The fraction of sp³-hybridized carbons (Fsp3) is 0.750. The van der Waals surface area contributed by atoms with E-state index in [9.17, 15) is 14.4 Å². The number of rotatable bonds is 7. The molecule has 1 fully saturated rings. The van der Waals surface area contributed by atoms with E-state index < -0.39 is 5.54 Å². The molecule has 0 aromatic rings. The lowest BCUT2D eigenvalue weighted by Gasteiger charge is -2.16. The number of carbonyl (C=O) groups excluding carboxylic acids is 3. The molecule has 7 heteroatoms. The van der Waals surface area contributed by atoms with E-state index in [4.69, 9.17) is 4.74 Å². The Balaban J connectivity index is 2.22. The molecule has 1 aliphatic rings. The van der Waals surface area contributed by atoms with E-state index in [-0.39, 0.29) is 30.9 Å². The van der Waals surface area contributed by atoms with Crippen molar-refractivity contribution in [1.82, 2.24) is 15.5 Å². The lowest BCUT2D eigenvalue weighted by atomic mass is 10.1. The number of nitrogens with zero attached hydrogens (tertiary/aromatic N) is 1. The molecule has 1 saturated heterocycles. The lowest BCUT2D eigenvalue weighted by molar-refractivity contribution is -0.143. The topological polar surface area (TPSA) is 87.7 Å². The maximum atomic E-state index is 11.8. The van der Waals surface area contributed by atoms with Gasteiger partial charge in [0, 0.05) is 19.6 Å². The first-order chi connectivity index (χ1) is 8.88. The van der Waals surface area contributed by atoms with Crippen molar-refractivity contribution >= 4 is 17.9 Å². The summed E-state index contributed by atoms with van der Waals surface area (Å²) < 4.78 is 4.78. The van der Waals surface area contributed by atoms with Crippen molar-refractivity contribution in [2.24, 2.45) is 0 Å². The van der Waals surface area contributed by atoms with Crippen LogP contribution in [0, 0.1) is 0 Å². The SMILES string of the molecule is CCOC(=O)CCNCCN1C(=O)NC(C)(C)C1=O. The minimum Gasteiger partial charge on any atom is -0.466 e. The van der Waals surface area contributed by atoms with Crippen LogP contribution >= 0.6 is 0 Å². The summed E-state index contributed by atoms with van der Waals surface area (Å²) in [6.45, 7) is 6.67. The van der Waals surface area contributed by atoms with Crippen LogP contribution in [-0.2, 0) is 14.3 Å². The van der Waals surface area contributed by atoms with E-state index in [1.807, 2.05) is 0 Å². The lowest BCUT2D eigenvalue weighted by Crippen LogP contribution is -2.41. The molecule has 1 rings (SSSR count). The fourth-order valence-electron chi connectivity index (χ4n) is 1.76. The molecule has 0 spiro atoms. The van der Waals surface area contributed by atoms with E-state index in [2.05, 4.69) is 10.6 Å². The third-order valence-corrected chi connectivity index (χ3v) is 2.77. The maximum absolute atomic E-state index is 11.8. The first-order valence-corrected chi connectivity index (χ1v) is 6.39. The van der Waals surface area contributed by atoms with Crippen molar-refractivity contribution in [1.29, 1.82) is 0 Å². The average Bonchev–Trinajstić information content (AvgIpc) is 2.50. The molecule has 3 amide bonds. The van der Waals surface area contributed by atoms with Gasteiger partial charge in [0.2, 0.25) is 0 Å². The van der Waals surface area contributed by atoms with Gasteiger partial charge in [0.1, 0.15) is 5.54 Å². The number of hydrogen-bond acceptors (Lipinski definition) is 5. The third-order valence-electron chi connectivity index (χ3n) is 2.77. The summed E-state index contributed by atoms with van der Waals surface area (Å²) in [4.78, 5) is 35.6. The van der Waals surface area contributed by atoms with Gasteiger partial charge in [-0.2, -0.15) is 0 Å². The van der Waals surface area contributed by atoms with Crippen LogP contribution in [0.1, 0.15) is 27.2 Å². The summed E-state index contributed by atoms with van der Waals surface area (Å²) >= 11 is 0. The minimum absolute atomic E-state index is 0.232. The Bertz CT molecular complexity index is 368. The zero-order chi connectivity index (χ0) is 14.5. The number of amides is 3. The quantitative estimate of drug-likeness (QED) is 0.382. The number of hydrogen-bond donors (Lipinski definition) is 2. The van der Waals surface area contributed by atoms with Crippen LogP contribution in [-0.4, -0.2) is 54.6 Å². The summed E-state index contributed by atoms with van der Waals surface area (Å²) in [7, 11) is 0. The van der Waals surface area contributed by atoms with Gasteiger partial charge >= 0.3 is 12.0 Å². The first-order valence-electron chi connectivity index (χ1n) is 6.39. The molecule has 0 unspecified atom stereocenters. The summed E-state index contributed by atoms with van der Waals surface area (Å²) in [6, 6.07) is -0.373. The summed E-state index contributed by atoms with van der Waals surface area (Å²) in [6.07, 6.45) is 0.277. The van der Waals surface area contributed by atoms with Crippen molar-refractivity contribution in [3.8, 4) is 0 Å². The van der Waals surface area contributed by atoms with E-state index in [0.717, 1.165) is 0 Å². The molecule has 0 aromatic carbocycles. The highest BCUT2D eigenvalue weighted by molar-refractivity contribution is 6.06. The number of imide groups is 1. The van der Waals surface area contributed by atoms with Crippen molar-refractivity contribution in [3.63, 3.8) is 0 Å². The van der Waals surface area contributed by atoms with Gasteiger partial charge < -0.3 is 15.4 Å². The maximum Gasteiger partial charge on any atom is 0.325 e. The molecule has 0 radical (unpaired) electrons. The Labute approximate surface area is 112 Å². The van der Waals surface area contributed by atoms with Gasteiger partial charge in [0.25, 0.3) is 5.91 Å². The van der Waals surface area contributed by atoms with Crippen molar-refractivity contribution in [2.75, 3.05) is 26.2 Å². The van der Waals surface area contributed by atoms with Crippen LogP contribution in [0.2, 0.25) is 0 Å². The van der Waals surface area contributed by atoms with Gasteiger partial charge in [0.15, 0.2) is 0 Å². The van der Waals surface area contributed by atoms with E-state index in [1.165, 1.54) is 4.90 Å². The Morgan fingerprint density at radius 2 is 2.05 bits per heavy atom. The van der Waals surface area contributed by atoms with Crippen molar-refractivity contribution in [3.05, 3.63) is 0 Å². The number of ether oxygens (including phenoxy) is 1. The molecule has 2 N–H and O–H groups in total. The first kappa shape index (κ1) is 15.4. The second kappa shape index (κ2) is 6.51. The summed E-state index contributed by atoms with van der Waals surface area (Å²) in [5.41, 5.74) is -0.831. The molecule has 0 aliphatic carbocycles. The highest BCUT2D eigenvalue weighted by Crippen LogP contribution is 2.15. The smallest absolute Gasteiger partial charge is 0.325 e. The van der Waals surface area contributed by atoms with Gasteiger partial charge in [-0.05, 0) is 20.8 Å². The van der Waals surface area contributed by atoms with Crippen LogP contribution in [0.3, 0.4) is 0 Å². The monoisotopic (exact) mass is 271 g/mol. The molecule has 0 atom stereocenters. The van der Waals surface area contributed by atoms with E-state index in [1.54, 1.807) is 20.8 Å². The molecule has 108 valence electrons. The fourth-order valence-corrected chi connectivity index (χ4v) is 1.76.